The number of halogens is 2. The molecule has 10 heteroatoms. The number of aromatic nitrogens is 1. The van der Waals surface area contributed by atoms with E-state index >= 15 is 0 Å². The van der Waals surface area contributed by atoms with E-state index in [1.807, 2.05) is 0 Å². The average Bonchev–Trinajstić information content (AvgIpc) is 2.86. The predicted octanol–water partition coefficient (Wildman–Crippen LogP) is 2.39. The Morgan fingerprint density at radius 1 is 1.16 bits per heavy atom. The number of amides is 2. The molecule has 4 rings (SSSR count). The molecule has 200 valence electrons. The second-order valence-electron chi connectivity index (χ2n) is 10.3. The van der Waals surface area contributed by atoms with Crippen molar-refractivity contribution in [2.45, 2.75) is 58.7 Å². The number of hydrogen-bond donors (Lipinski definition) is 2. The molecule has 1 aliphatic carbocycles. The Hall–Kier alpha value is -3.27. The summed E-state index contributed by atoms with van der Waals surface area (Å²) in [6.45, 7) is 6.32. The Bertz CT molecular complexity index is 1230. The molecule has 1 aromatic carbocycles. The highest BCUT2D eigenvalue weighted by Crippen LogP contribution is 2.31. The number of carbonyl (C=O) groups excluding carboxylic acids is 2. The SMILES string of the molecule is CC(C)CNC[C@@H]1CCCC[C@@H]1N1CCn2cc(C(=O)NCc3ccc(F)cc3F)c(=O)c([O-])c2C1=O. The average molecular weight is 516 g/mol. The number of rotatable bonds is 8. The first-order chi connectivity index (χ1) is 17.7. The number of pyridine rings is 1. The summed E-state index contributed by atoms with van der Waals surface area (Å²) in [5, 5.41) is 18.9. The molecule has 1 aromatic heterocycles. The summed E-state index contributed by atoms with van der Waals surface area (Å²) in [6.07, 6.45) is 5.16. The number of carbonyl (C=O) groups is 2. The van der Waals surface area contributed by atoms with Gasteiger partial charge in [0.05, 0.1) is 0 Å². The second-order valence-corrected chi connectivity index (χ2v) is 10.3. The van der Waals surface area contributed by atoms with Gasteiger partial charge in [0.15, 0.2) is 5.43 Å². The zero-order chi connectivity index (χ0) is 26.7. The molecule has 2 atom stereocenters. The van der Waals surface area contributed by atoms with Crippen LogP contribution in [0.1, 0.15) is 65.9 Å². The molecule has 1 saturated carbocycles. The van der Waals surface area contributed by atoms with Crippen LogP contribution in [0.2, 0.25) is 0 Å². The van der Waals surface area contributed by atoms with Crippen molar-refractivity contribution >= 4 is 11.8 Å². The first-order valence-electron chi connectivity index (χ1n) is 12.9. The molecule has 0 bridgehead atoms. The fourth-order valence-electron chi connectivity index (χ4n) is 5.30. The first-order valence-corrected chi connectivity index (χ1v) is 12.9. The Kier molecular flexibility index (Phi) is 8.26. The van der Waals surface area contributed by atoms with E-state index < -0.39 is 40.2 Å². The van der Waals surface area contributed by atoms with Crippen LogP contribution in [0, 0.1) is 23.5 Å². The lowest BCUT2D eigenvalue weighted by atomic mass is 9.83. The Morgan fingerprint density at radius 2 is 1.92 bits per heavy atom. The lowest BCUT2D eigenvalue weighted by Gasteiger charge is -2.43. The highest BCUT2D eigenvalue weighted by molar-refractivity contribution is 5.99. The van der Waals surface area contributed by atoms with Crippen molar-refractivity contribution in [3.8, 4) is 5.75 Å². The molecule has 2 aromatic rings. The fourth-order valence-corrected chi connectivity index (χ4v) is 5.30. The van der Waals surface area contributed by atoms with Gasteiger partial charge in [-0.25, -0.2) is 8.78 Å². The topological polar surface area (TPSA) is 106 Å². The van der Waals surface area contributed by atoms with E-state index in [1.165, 1.54) is 16.8 Å². The van der Waals surface area contributed by atoms with E-state index in [0.29, 0.717) is 18.5 Å². The van der Waals surface area contributed by atoms with Crippen molar-refractivity contribution in [3.63, 3.8) is 0 Å². The Labute approximate surface area is 214 Å². The van der Waals surface area contributed by atoms with Gasteiger partial charge in [-0.2, -0.15) is 0 Å². The third kappa shape index (κ3) is 5.84. The van der Waals surface area contributed by atoms with Gasteiger partial charge < -0.3 is 25.2 Å². The van der Waals surface area contributed by atoms with Crippen molar-refractivity contribution < 1.29 is 23.5 Å². The molecule has 1 aliphatic heterocycles. The number of hydrogen-bond acceptors (Lipinski definition) is 5. The van der Waals surface area contributed by atoms with Crippen LogP contribution in [0.3, 0.4) is 0 Å². The molecule has 8 nitrogen and oxygen atoms in total. The molecule has 2 N–H and O–H groups in total. The molecule has 1 fully saturated rings. The van der Waals surface area contributed by atoms with Crippen LogP contribution in [-0.4, -0.2) is 47.0 Å². The summed E-state index contributed by atoms with van der Waals surface area (Å²) in [5.41, 5.74) is -1.67. The van der Waals surface area contributed by atoms with Gasteiger partial charge in [-0.15, -0.1) is 0 Å². The van der Waals surface area contributed by atoms with E-state index in [0.717, 1.165) is 44.8 Å². The van der Waals surface area contributed by atoms with Gasteiger partial charge in [0.2, 0.25) is 0 Å². The molecular weight excluding hydrogens is 482 g/mol. The monoisotopic (exact) mass is 515 g/mol. The van der Waals surface area contributed by atoms with E-state index in [2.05, 4.69) is 24.5 Å². The van der Waals surface area contributed by atoms with Gasteiger partial charge in [0, 0.05) is 43.5 Å². The lowest BCUT2D eigenvalue weighted by Crippen LogP contribution is -2.53. The lowest BCUT2D eigenvalue weighted by molar-refractivity contribution is -0.271. The quantitative estimate of drug-likeness (QED) is 0.562. The van der Waals surface area contributed by atoms with E-state index in [-0.39, 0.29) is 36.3 Å². The molecule has 0 saturated heterocycles. The highest BCUT2D eigenvalue weighted by atomic mass is 19.1. The number of nitrogens with zero attached hydrogens (tertiary/aromatic N) is 2. The molecule has 2 aliphatic rings. The van der Waals surface area contributed by atoms with Gasteiger partial charge in [-0.05, 0) is 49.6 Å². The van der Waals surface area contributed by atoms with Crippen molar-refractivity contribution in [1.29, 1.82) is 0 Å². The molecule has 2 amide bonds. The maximum Gasteiger partial charge on any atom is 0.270 e. The number of nitrogens with one attached hydrogen (secondary N) is 2. The molecular formula is C27H33F2N4O4-. The summed E-state index contributed by atoms with van der Waals surface area (Å²) in [5.74, 6) is -3.16. The van der Waals surface area contributed by atoms with Gasteiger partial charge in [-0.1, -0.05) is 32.8 Å². The van der Waals surface area contributed by atoms with Crippen LogP contribution in [0.25, 0.3) is 0 Å². The van der Waals surface area contributed by atoms with Crippen molar-refractivity contribution in [1.82, 2.24) is 20.1 Å². The second kappa shape index (κ2) is 11.4. The fraction of sp³-hybridized carbons (Fsp3) is 0.519. The minimum Gasteiger partial charge on any atom is -0.868 e. The van der Waals surface area contributed by atoms with Crippen LogP contribution < -0.4 is 21.2 Å². The summed E-state index contributed by atoms with van der Waals surface area (Å²) in [6, 6.07) is 2.92. The molecule has 0 radical (unpaired) electrons. The van der Waals surface area contributed by atoms with E-state index in [4.69, 9.17) is 0 Å². The summed E-state index contributed by atoms with van der Waals surface area (Å²) >= 11 is 0. The zero-order valence-corrected chi connectivity index (χ0v) is 21.2. The zero-order valence-electron chi connectivity index (χ0n) is 21.2. The summed E-state index contributed by atoms with van der Waals surface area (Å²) < 4.78 is 28.4. The van der Waals surface area contributed by atoms with Gasteiger partial charge in [0.25, 0.3) is 11.8 Å². The van der Waals surface area contributed by atoms with Crippen molar-refractivity contribution in [3.05, 3.63) is 63.1 Å². The first kappa shape index (κ1) is 26.8. The van der Waals surface area contributed by atoms with Gasteiger partial charge in [0.1, 0.15) is 22.9 Å². The van der Waals surface area contributed by atoms with E-state index in [1.54, 1.807) is 4.90 Å². The minimum absolute atomic E-state index is 0.0160. The third-order valence-corrected chi connectivity index (χ3v) is 7.21. The van der Waals surface area contributed by atoms with Crippen LogP contribution in [-0.2, 0) is 13.1 Å². The van der Waals surface area contributed by atoms with Gasteiger partial charge >= 0.3 is 0 Å². The largest absolute Gasteiger partial charge is 0.868 e. The maximum absolute atomic E-state index is 13.9. The minimum atomic E-state index is -1.07. The normalized spacial score (nSPS) is 19.7. The maximum atomic E-state index is 13.9. The van der Waals surface area contributed by atoms with Crippen LogP contribution in [0.5, 0.6) is 5.75 Å². The van der Waals surface area contributed by atoms with Crippen LogP contribution in [0.4, 0.5) is 8.78 Å². The summed E-state index contributed by atoms with van der Waals surface area (Å²) in [7, 11) is 0. The smallest absolute Gasteiger partial charge is 0.270 e. The van der Waals surface area contributed by atoms with Crippen LogP contribution in [0.15, 0.2) is 29.2 Å². The summed E-state index contributed by atoms with van der Waals surface area (Å²) in [4.78, 5) is 40.7. The van der Waals surface area contributed by atoms with Gasteiger partial charge in [-0.3, -0.25) is 14.4 Å². The standard InChI is InChI=1S/C27H34F2N4O4/c1-16(2)12-30-13-18-5-3-4-6-22(18)33-10-9-32-15-20(24(34)25(35)23(32)27(33)37)26(36)31-14-17-7-8-19(28)11-21(17)29/h7-8,11,15-16,18,22,30,35H,3-6,9-10,12-14H2,1-2H3,(H,31,36)/p-1/t18-,22-/m0/s1. The third-order valence-electron chi connectivity index (χ3n) is 7.21. The molecule has 0 unspecified atom stereocenters. The molecule has 0 spiro atoms. The molecule has 2 heterocycles. The van der Waals surface area contributed by atoms with E-state index in [9.17, 15) is 28.3 Å². The predicted molar refractivity (Wildman–Crippen MR) is 132 cm³/mol. The number of benzene rings is 1. The van der Waals surface area contributed by atoms with Crippen molar-refractivity contribution in [2.24, 2.45) is 11.8 Å². The Morgan fingerprint density at radius 3 is 2.65 bits per heavy atom. The number of fused-ring (bicyclic) bond motifs is 1. The Balaban J connectivity index is 1.51. The van der Waals surface area contributed by atoms with Crippen molar-refractivity contribution in [2.75, 3.05) is 19.6 Å². The molecule has 37 heavy (non-hydrogen) atoms. The van der Waals surface area contributed by atoms with Crippen LogP contribution >= 0.6 is 0 Å². The highest BCUT2D eigenvalue weighted by Gasteiger charge is 2.36.